The minimum absolute atomic E-state index is 0.131. The number of rotatable bonds is 3. The Labute approximate surface area is 94.1 Å². The summed E-state index contributed by atoms with van der Waals surface area (Å²) in [4.78, 5) is 12.1. The monoisotopic (exact) mass is 221 g/mol. The van der Waals surface area contributed by atoms with Crippen molar-refractivity contribution in [3.8, 4) is 0 Å². The molecule has 86 valence electrons. The third kappa shape index (κ3) is 2.02. The van der Waals surface area contributed by atoms with Crippen LogP contribution in [-0.2, 0) is 6.42 Å². The minimum atomic E-state index is -0.851. The van der Waals surface area contributed by atoms with Crippen molar-refractivity contribution in [2.24, 2.45) is 0 Å². The maximum atomic E-state index is 10.7. The summed E-state index contributed by atoms with van der Waals surface area (Å²) in [5.41, 5.74) is 2.30. The molecule has 0 aromatic heterocycles. The first kappa shape index (κ1) is 11.0. The van der Waals surface area contributed by atoms with Crippen LogP contribution in [0.1, 0.15) is 17.0 Å². The van der Waals surface area contributed by atoms with Gasteiger partial charge in [0.25, 0.3) is 0 Å². The highest BCUT2D eigenvalue weighted by molar-refractivity contribution is 5.66. The van der Waals surface area contributed by atoms with Crippen LogP contribution in [0.4, 0.5) is 4.79 Å². The number of hydrogen-bond donors (Lipinski definition) is 2. The lowest BCUT2D eigenvalue weighted by Gasteiger charge is -2.38. The number of carboxylic acid groups (broad SMARTS) is 1. The minimum Gasteiger partial charge on any atom is -0.465 e. The molecule has 1 saturated heterocycles. The zero-order valence-corrected chi connectivity index (χ0v) is 8.97. The van der Waals surface area contributed by atoms with Gasteiger partial charge < -0.3 is 15.1 Å². The summed E-state index contributed by atoms with van der Waals surface area (Å²) in [6, 6.07) is 7.92. The lowest BCUT2D eigenvalue weighted by Crippen LogP contribution is -2.48. The second-order valence-electron chi connectivity index (χ2n) is 4.06. The summed E-state index contributed by atoms with van der Waals surface area (Å²) in [5.74, 6) is 0.291. The van der Waals surface area contributed by atoms with Crippen LogP contribution in [-0.4, -0.2) is 40.9 Å². The van der Waals surface area contributed by atoms with Crippen molar-refractivity contribution < 1.29 is 15.0 Å². The number of aliphatic hydroxyl groups is 1. The Balaban J connectivity index is 2.08. The summed E-state index contributed by atoms with van der Waals surface area (Å²) in [7, 11) is 0. The Morgan fingerprint density at radius 3 is 2.69 bits per heavy atom. The highest BCUT2D eigenvalue weighted by Gasteiger charge is 2.32. The third-order valence-corrected chi connectivity index (χ3v) is 3.03. The van der Waals surface area contributed by atoms with Gasteiger partial charge in [-0.05, 0) is 17.5 Å². The molecule has 2 rings (SSSR count). The fraction of sp³-hybridized carbons (Fsp3) is 0.417. The molecule has 1 amide bonds. The van der Waals surface area contributed by atoms with Crippen LogP contribution in [0.25, 0.3) is 0 Å². The van der Waals surface area contributed by atoms with Crippen LogP contribution in [0.3, 0.4) is 0 Å². The normalized spacial score (nSPS) is 15.9. The predicted molar refractivity (Wildman–Crippen MR) is 59.6 cm³/mol. The average Bonchev–Trinajstić information content (AvgIpc) is 2.18. The van der Waals surface area contributed by atoms with Crippen LogP contribution in [0, 0.1) is 0 Å². The lowest BCUT2D eigenvalue weighted by molar-refractivity contribution is 0.105. The van der Waals surface area contributed by atoms with Gasteiger partial charge in [0.05, 0.1) is 0 Å². The predicted octanol–water partition coefficient (Wildman–Crippen LogP) is 1.30. The molecule has 16 heavy (non-hydrogen) atoms. The number of likely N-dealkylation sites (tertiary alicyclic amines) is 1. The van der Waals surface area contributed by atoms with Gasteiger partial charge in [0.15, 0.2) is 0 Å². The maximum Gasteiger partial charge on any atom is 0.407 e. The van der Waals surface area contributed by atoms with Gasteiger partial charge in [-0.2, -0.15) is 0 Å². The van der Waals surface area contributed by atoms with E-state index in [2.05, 4.69) is 0 Å². The molecule has 0 unspecified atom stereocenters. The Hall–Kier alpha value is -1.55. The van der Waals surface area contributed by atoms with E-state index < -0.39 is 6.09 Å². The molecule has 0 spiro atoms. The molecule has 0 saturated carbocycles. The Bertz CT molecular complexity index is 386. The molecule has 4 heteroatoms. The molecule has 1 heterocycles. The number of nitrogens with zero attached hydrogens (tertiary/aromatic N) is 1. The first-order chi connectivity index (χ1) is 7.72. The molecule has 1 aromatic rings. The molecule has 0 bridgehead atoms. The van der Waals surface area contributed by atoms with Crippen molar-refractivity contribution in [2.75, 3.05) is 19.7 Å². The molecule has 1 aliphatic rings. The van der Waals surface area contributed by atoms with Crippen molar-refractivity contribution in [3.05, 3.63) is 35.4 Å². The van der Waals surface area contributed by atoms with E-state index >= 15 is 0 Å². The summed E-state index contributed by atoms with van der Waals surface area (Å²) in [6.45, 7) is 1.27. The molecular weight excluding hydrogens is 206 g/mol. The van der Waals surface area contributed by atoms with Gasteiger partial charge in [-0.25, -0.2) is 4.79 Å². The lowest BCUT2D eigenvalue weighted by atomic mass is 9.87. The maximum absolute atomic E-state index is 10.7. The van der Waals surface area contributed by atoms with Gasteiger partial charge in [-0.3, -0.25) is 0 Å². The topological polar surface area (TPSA) is 60.8 Å². The molecule has 2 N–H and O–H groups in total. The highest BCUT2D eigenvalue weighted by Crippen LogP contribution is 2.29. The smallest absolute Gasteiger partial charge is 0.407 e. The number of carbonyl (C=O) groups is 1. The first-order valence-electron chi connectivity index (χ1n) is 5.39. The van der Waals surface area contributed by atoms with Gasteiger partial charge in [-0.1, -0.05) is 24.3 Å². The standard InChI is InChI=1S/C12H15NO3/c14-6-5-9-3-1-2-4-11(9)10-7-13(8-10)12(15)16/h1-4,10,14H,5-8H2,(H,15,16). The van der Waals surface area contributed by atoms with Gasteiger partial charge in [0.2, 0.25) is 0 Å². The third-order valence-electron chi connectivity index (χ3n) is 3.03. The van der Waals surface area contributed by atoms with E-state index in [9.17, 15) is 4.79 Å². The molecule has 1 fully saturated rings. The number of aliphatic hydroxyl groups excluding tert-OH is 1. The summed E-state index contributed by atoms with van der Waals surface area (Å²) >= 11 is 0. The Morgan fingerprint density at radius 2 is 2.06 bits per heavy atom. The van der Waals surface area contributed by atoms with Crippen LogP contribution in [0.15, 0.2) is 24.3 Å². The van der Waals surface area contributed by atoms with E-state index in [0.717, 1.165) is 5.56 Å². The fourth-order valence-electron chi connectivity index (χ4n) is 2.11. The van der Waals surface area contributed by atoms with Gasteiger partial charge >= 0.3 is 6.09 Å². The average molecular weight is 221 g/mol. The van der Waals surface area contributed by atoms with Crippen molar-refractivity contribution in [2.45, 2.75) is 12.3 Å². The second kappa shape index (κ2) is 4.53. The largest absolute Gasteiger partial charge is 0.465 e. The van der Waals surface area contributed by atoms with Crippen molar-refractivity contribution in [1.82, 2.24) is 4.90 Å². The fourth-order valence-corrected chi connectivity index (χ4v) is 2.11. The van der Waals surface area contributed by atoms with E-state index in [1.807, 2.05) is 24.3 Å². The zero-order valence-electron chi connectivity index (χ0n) is 8.97. The van der Waals surface area contributed by atoms with Gasteiger partial charge in [-0.15, -0.1) is 0 Å². The van der Waals surface area contributed by atoms with Crippen molar-refractivity contribution in [3.63, 3.8) is 0 Å². The molecule has 0 radical (unpaired) electrons. The zero-order chi connectivity index (χ0) is 11.5. The molecule has 4 nitrogen and oxygen atoms in total. The quantitative estimate of drug-likeness (QED) is 0.808. The van der Waals surface area contributed by atoms with E-state index in [1.165, 1.54) is 10.5 Å². The number of benzene rings is 1. The summed E-state index contributed by atoms with van der Waals surface area (Å²) < 4.78 is 0. The van der Waals surface area contributed by atoms with Crippen LogP contribution >= 0.6 is 0 Å². The summed E-state index contributed by atoms with van der Waals surface area (Å²) in [6.07, 6.45) is -0.212. The Kier molecular flexibility index (Phi) is 3.10. The van der Waals surface area contributed by atoms with Crippen LogP contribution in [0.5, 0.6) is 0 Å². The van der Waals surface area contributed by atoms with E-state index in [4.69, 9.17) is 10.2 Å². The van der Waals surface area contributed by atoms with Gasteiger partial charge in [0, 0.05) is 25.6 Å². The molecule has 1 aromatic carbocycles. The van der Waals surface area contributed by atoms with Crippen molar-refractivity contribution >= 4 is 6.09 Å². The SMILES string of the molecule is O=C(O)N1CC(c2ccccc2CCO)C1. The molecule has 0 atom stereocenters. The summed E-state index contributed by atoms with van der Waals surface area (Å²) in [5, 5.41) is 17.7. The molecular formula is C12H15NO3. The highest BCUT2D eigenvalue weighted by atomic mass is 16.4. The number of amides is 1. The van der Waals surface area contributed by atoms with Crippen LogP contribution < -0.4 is 0 Å². The molecule has 0 aliphatic carbocycles. The Morgan fingerprint density at radius 1 is 1.38 bits per heavy atom. The van der Waals surface area contributed by atoms with Crippen LogP contribution in [0.2, 0.25) is 0 Å². The number of hydrogen-bond acceptors (Lipinski definition) is 2. The first-order valence-corrected chi connectivity index (χ1v) is 5.39. The van der Waals surface area contributed by atoms with E-state index in [0.29, 0.717) is 25.4 Å². The van der Waals surface area contributed by atoms with E-state index in [1.54, 1.807) is 0 Å². The van der Waals surface area contributed by atoms with Crippen molar-refractivity contribution in [1.29, 1.82) is 0 Å². The van der Waals surface area contributed by atoms with Gasteiger partial charge in [0.1, 0.15) is 0 Å². The second-order valence-corrected chi connectivity index (χ2v) is 4.06. The van der Waals surface area contributed by atoms with E-state index in [-0.39, 0.29) is 6.61 Å². The molecule has 1 aliphatic heterocycles.